The summed E-state index contributed by atoms with van der Waals surface area (Å²) in [5.74, 6) is 0.902. The van der Waals surface area contributed by atoms with Gasteiger partial charge in [0.1, 0.15) is 5.75 Å². The Labute approximate surface area is 90.4 Å². The zero-order valence-electron chi connectivity index (χ0n) is 9.41. The van der Waals surface area contributed by atoms with Gasteiger partial charge < -0.3 is 5.11 Å². The van der Waals surface area contributed by atoms with Gasteiger partial charge >= 0.3 is 0 Å². The minimum atomic E-state index is 0.378. The minimum Gasteiger partial charge on any atom is -0.508 e. The van der Waals surface area contributed by atoms with Crippen LogP contribution in [0.2, 0.25) is 0 Å². The monoisotopic (exact) mass is 200 g/mol. The lowest BCUT2D eigenvalue weighted by Crippen LogP contribution is -1.88. The van der Waals surface area contributed by atoms with Crippen LogP contribution in [0.1, 0.15) is 30.9 Å². The van der Waals surface area contributed by atoms with E-state index in [1.165, 1.54) is 10.9 Å². The maximum Gasteiger partial charge on any atom is 0.119 e. The third kappa shape index (κ3) is 1.70. The van der Waals surface area contributed by atoms with Crippen molar-refractivity contribution in [2.75, 3.05) is 0 Å². The number of benzene rings is 2. The van der Waals surface area contributed by atoms with Crippen LogP contribution in [0.4, 0.5) is 0 Å². The van der Waals surface area contributed by atoms with Gasteiger partial charge in [0.25, 0.3) is 0 Å². The van der Waals surface area contributed by atoms with Crippen LogP contribution in [0.3, 0.4) is 0 Å². The van der Waals surface area contributed by atoms with E-state index in [0.29, 0.717) is 11.7 Å². The van der Waals surface area contributed by atoms with Crippen LogP contribution >= 0.6 is 0 Å². The molecule has 0 fully saturated rings. The quantitative estimate of drug-likeness (QED) is 0.738. The Morgan fingerprint density at radius 3 is 2.40 bits per heavy atom. The minimum absolute atomic E-state index is 0.378. The molecule has 0 unspecified atom stereocenters. The van der Waals surface area contributed by atoms with E-state index in [1.807, 2.05) is 13.0 Å². The van der Waals surface area contributed by atoms with Crippen LogP contribution < -0.4 is 0 Å². The molecule has 0 aliphatic carbocycles. The topological polar surface area (TPSA) is 20.2 Å². The molecule has 2 rings (SSSR count). The molecule has 2 aromatic rings. The van der Waals surface area contributed by atoms with Crippen molar-refractivity contribution in [3.8, 4) is 5.75 Å². The predicted molar refractivity (Wildman–Crippen MR) is 64.4 cm³/mol. The zero-order chi connectivity index (χ0) is 11.0. The van der Waals surface area contributed by atoms with Crippen molar-refractivity contribution in [3.63, 3.8) is 0 Å². The second-order valence-corrected chi connectivity index (χ2v) is 4.34. The van der Waals surface area contributed by atoms with E-state index < -0.39 is 0 Å². The molecule has 0 heterocycles. The molecule has 0 amide bonds. The maximum atomic E-state index is 9.65. The van der Waals surface area contributed by atoms with Crippen LogP contribution in [0.5, 0.6) is 5.75 Å². The van der Waals surface area contributed by atoms with Crippen LogP contribution in [-0.2, 0) is 0 Å². The highest BCUT2D eigenvalue weighted by Crippen LogP contribution is 2.28. The molecule has 0 bridgehead atoms. The first kappa shape index (κ1) is 10.0. The van der Waals surface area contributed by atoms with Gasteiger partial charge in [0.15, 0.2) is 0 Å². The summed E-state index contributed by atoms with van der Waals surface area (Å²) in [7, 11) is 0. The molecular formula is C14H16O. The summed E-state index contributed by atoms with van der Waals surface area (Å²) in [5, 5.41) is 12.0. The van der Waals surface area contributed by atoms with Gasteiger partial charge in [-0.25, -0.2) is 0 Å². The summed E-state index contributed by atoms with van der Waals surface area (Å²) >= 11 is 0. The second-order valence-electron chi connectivity index (χ2n) is 4.34. The normalized spacial score (nSPS) is 11.2. The van der Waals surface area contributed by atoms with Crippen molar-refractivity contribution in [1.82, 2.24) is 0 Å². The number of rotatable bonds is 1. The lowest BCUT2D eigenvalue weighted by Gasteiger charge is -2.09. The van der Waals surface area contributed by atoms with Gasteiger partial charge in [0, 0.05) is 0 Å². The Hall–Kier alpha value is -1.50. The molecule has 0 aliphatic heterocycles. The highest BCUT2D eigenvalue weighted by Gasteiger charge is 2.05. The molecule has 1 heteroatoms. The summed E-state index contributed by atoms with van der Waals surface area (Å²) in [6, 6.07) is 10.2. The summed E-state index contributed by atoms with van der Waals surface area (Å²) in [6.07, 6.45) is 0. The zero-order valence-corrected chi connectivity index (χ0v) is 9.41. The molecule has 1 nitrogen and oxygen atoms in total. The van der Waals surface area contributed by atoms with E-state index in [2.05, 4.69) is 32.0 Å². The molecule has 0 saturated carbocycles. The van der Waals surface area contributed by atoms with Crippen LogP contribution in [-0.4, -0.2) is 5.11 Å². The van der Waals surface area contributed by atoms with Gasteiger partial charge in [-0.3, -0.25) is 0 Å². The van der Waals surface area contributed by atoms with E-state index in [1.54, 1.807) is 6.07 Å². The largest absolute Gasteiger partial charge is 0.508 e. The molecule has 0 aliphatic rings. The van der Waals surface area contributed by atoms with E-state index in [9.17, 15) is 5.11 Å². The first-order valence-electron chi connectivity index (χ1n) is 5.32. The Morgan fingerprint density at radius 2 is 1.73 bits per heavy atom. The molecule has 78 valence electrons. The van der Waals surface area contributed by atoms with Crippen LogP contribution in [0.15, 0.2) is 30.3 Å². The van der Waals surface area contributed by atoms with Crippen molar-refractivity contribution in [2.45, 2.75) is 26.7 Å². The average Bonchev–Trinajstić information content (AvgIpc) is 2.23. The molecule has 0 radical (unpaired) electrons. The highest BCUT2D eigenvalue weighted by atomic mass is 16.3. The Balaban J connectivity index is 2.73. The van der Waals surface area contributed by atoms with Gasteiger partial charge in [0.05, 0.1) is 0 Å². The number of aromatic hydroxyl groups is 1. The second kappa shape index (κ2) is 3.58. The fourth-order valence-corrected chi connectivity index (χ4v) is 1.83. The van der Waals surface area contributed by atoms with Crippen molar-refractivity contribution >= 4 is 10.8 Å². The smallest absolute Gasteiger partial charge is 0.119 e. The standard InChI is InChI=1S/C14H16O/c1-9(2)12-5-4-11-6-7-14(15)10(3)13(11)8-12/h4-9,15H,1-3H3. The Morgan fingerprint density at radius 1 is 1.07 bits per heavy atom. The van der Waals surface area contributed by atoms with Crippen LogP contribution in [0, 0.1) is 6.92 Å². The molecular weight excluding hydrogens is 184 g/mol. The maximum absolute atomic E-state index is 9.65. The van der Waals surface area contributed by atoms with Gasteiger partial charge in [-0.2, -0.15) is 0 Å². The van der Waals surface area contributed by atoms with Crippen molar-refractivity contribution in [2.24, 2.45) is 0 Å². The fourth-order valence-electron chi connectivity index (χ4n) is 1.83. The molecule has 1 N–H and O–H groups in total. The van der Waals surface area contributed by atoms with E-state index in [4.69, 9.17) is 0 Å². The number of hydrogen-bond donors (Lipinski definition) is 1. The molecule has 2 aromatic carbocycles. The molecule has 0 atom stereocenters. The van der Waals surface area contributed by atoms with Crippen molar-refractivity contribution in [1.29, 1.82) is 0 Å². The summed E-state index contributed by atoms with van der Waals surface area (Å²) in [5.41, 5.74) is 2.28. The molecule has 0 spiro atoms. The number of fused-ring (bicyclic) bond motifs is 1. The third-order valence-electron chi connectivity index (χ3n) is 2.95. The lowest BCUT2D eigenvalue weighted by atomic mass is 9.97. The number of hydrogen-bond acceptors (Lipinski definition) is 1. The Bertz CT molecular complexity index is 498. The van der Waals surface area contributed by atoms with Crippen molar-refractivity contribution < 1.29 is 5.11 Å². The Kier molecular flexibility index (Phi) is 2.39. The first-order valence-corrected chi connectivity index (χ1v) is 5.32. The number of aryl methyl sites for hydroxylation is 1. The summed E-state index contributed by atoms with van der Waals surface area (Å²) in [4.78, 5) is 0. The third-order valence-corrected chi connectivity index (χ3v) is 2.95. The summed E-state index contributed by atoms with van der Waals surface area (Å²) < 4.78 is 0. The number of phenolic OH excluding ortho intramolecular Hbond substituents is 1. The fraction of sp³-hybridized carbons (Fsp3) is 0.286. The van der Waals surface area contributed by atoms with Crippen LogP contribution in [0.25, 0.3) is 10.8 Å². The molecule has 0 aromatic heterocycles. The van der Waals surface area contributed by atoms with E-state index in [0.717, 1.165) is 10.9 Å². The first-order chi connectivity index (χ1) is 7.09. The number of phenols is 1. The van der Waals surface area contributed by atoms with Gasteiger partial charge in [-0.15, -0.1) is 0 Å². The van der Waals surface area contributed by atoms with Crippen molar-refractivity contribution in [3.05, 3.63) is 41.5 Å². The SMILES string of the molecule is Cc1c(O)ccc2ccc(C(C)C)cc12. The lowest BCUT2D eigenvalue weighted by molar-refractivity contribution is 0.472. The van der Waals surface area contributed by atoms with E-state index in [-0.39, 0.29) is 0 Å². The molecule has 0 saturated heterocycles. The highest BCUT2D eigenvalue weighted by molar-refractivity contribution is 5.88. The van der Waals surface area contributed by atoms with Gasteiger partial charge in [0.2, 0.25) is 0 Å². The molecule has 15 heavy (non-hydrogen) atoms. The van der Waals surface area contributed by atoms with Gasteiger partial charge in [-0.05, 0) is 40.8 Å². The summed E-state index contributed by atoms with van der Waals surface area (Å²) in [6.45, 7) is 6.32. The average molecular weight is 200 g/mol. The van der Waals surface area contributed by atoms with E-state index >= 15 is 0 Å². The predicted octanol–water partition coefficient (Wildman–Crippen LogP) is 3.98. The van der Waals surface area contributed by atoms with Gasteiger partial charge in [-0.1, -0.05) is 38.1 Å².